The summed E-state index contributed by atoms with van der Waals surface area (Å²) >= 11 is 0. The van der Waals surface area contributed by atoms with Gasteiger partial charge in [-0.25, -0.2) is 0 Å². The van der Waals surface area contributed by atoms with Gasteiger partial charge in [-0.3, -0.25) is 0 Å². The summed E-state index contributed by atoms with van der Waals surface area (Å²) in [5.41, 5.74) is 3.77. The molecule has 0 heterocycles. The highest BCUT2D eigenvalue weighted by Crippen LogP contribution is 2.32. The van der Waals surface area contributed by atoms with Gasteiger partial charge in [-0.1, -0.05) is 17.7 Å². The molecule has 0 amide bonds. The van der Waals surface area contributed by atoms with Crippen LogP contribution in [0.4, 0.5) is 0 Å². The van der Waals surface area contributed by atoms with Crippen LogP contribution in [0.3, 0.4) is 0 Å². The van der Waals surface area contributed by atoms with Crippen molar-refractivity contribution in [3.63, 3.8) is 0 Å². The molecule has 0 aromatic heterocycles. The second kappa shape index (κ2) is 7.39. The largest absolute Gasteiger partial charge is 0.496 e. The molecule has 1 aromatic rings. The molecule has 0 fully saturated rings. The first-order valence-electron chi connectivity index (χ1n) is 6.61. The first-order valence-corrected chi connectivity index (χ1v) is 6.61. The number of hydrogen-bond acceptors (Lipinski definition) is 3. The molecule has 2 N–H and O–H groups in total. The van der Waals surface area contributed by atoms with E-state index in [9.17, 15) is 0 Å². The average molecular weight is 250 g/mol. The number of nitrogens with one attached hydrogen (secondary N) is 2. The first kappa shape index (κ1) is 15.0. The lowest BCUT2D eigenvalue weighted by molar-refractivity contribution is 0.394. The fourth-order valence-electron chi connectivity index (χ4n) is 2.46. The predicted molar refractivity (Wildman–Crippen MR) is 77.4 cm³/mol. The molecule has 1 atom stereocenters. The summed E-state index contributed by atoms with van der Waals surface area (Å²) in [7, 11) is 5.76. The lowest BCUT2D eigenvalue weighted by atomic mass is 9.96. The van der Waals surface area contributed by atoms with Crippen molar-refractivity contribution >= 4 is 0 Å². The maximum absolute atomic E-state index is 5.56. The zero-order valence-electron chi connectivity index (χ0n) is 12.3. The molecule has 3 nitrogen and oxygen atoms in total. The molecule has 0 bridgehead atoms. The van der Waals surface area contributed by atoms with Crippen molar-refractivity contribution in [2.45, 2.75) is 32.7 Å². The van der Waals surface area contributed by atoms with Crippen LogP contribution in [-0.4, -0.2) is 27.7 Å². The monoisotopic (exact) mass is 250 g/mol. The summed E-state index contributed by atoms with van der Waals surface area (Å²) in [4.78, 5) is 0. The Hall–Kier alpha value is -1.06. The van der Waals surface area contributed by atoms with E-state index in [2.05, 4.69) is 36.6 Å². The van der Waals surface area contributed by atoms with E-state index in [1.807, 2.05) is 14.1 Å². The van der Waals surface area contributed by atoms with Crippen LogP contribution in [0, 0.1) is 13.8 Å². The Morgan fingerprint density at radius 3 is 2.50 bits per heavy atom. The standard InChI is InChI=1S/C15H26N2O/c1-11-9-12(2)15(18-5)13(10-11)14(17-4)7-6-8-16-3/h9-10,14,16-17H,6-8H2,1-5H3. The van der Waals surface area contributed by atoms with E-state index in [0.29, 0.717) is 6.04 Å². The summed E-state index contributed by atoms with van der Waals surface area (Å²) in [6, 6.07) is 4.75. The van der Waals surface area contributed by atoms with E-state index >= 15 is 0 Å². The van der Waals surface area contributed by atoms with Crippen molar-refractivity contribution in [1.29, 1.82) is 0 Å². The lowest BCUT2D eigenvalue weighted by Gasteiger charge is -2.21. The molecule has 102 valence electrons. The predicted octanol–water partition coefficient (Wildman–Crippen LogP) is 2.57. The van der Waals surface area contributed by atoms with E-state index in [4.69, 9.17) is 4.74 Å². The van der Waals surface area contributed by atoms with Crippen molar-refractivity contribution < 1.29 is 4.74 Å². The van der Waals surface area contributed by atoms with Gasteiger partial charge in [0, 0.05) is 11.6 Å². The number of rotatable bonds is 7. The van der Waals surface area contributed by atoms with Gasteiger partial charge >= 0.3 is 0 Å². The molecule has 3 heteroatoms. The van der Waals surface area contributed by atoms with Crippen LogP contribution in [0.2, 0.25) is 0 Å². The SMILES string of the molecule is CNCCCC(NC)c1cc(C)cc(C)c1OC. The van der Waals surface area contributed by atoms with Crippen LogP contribution in [0.25, 0.3) is 0 Å². The Labute approximate surface area is 111 Å². The highest BCUT2D eigenvalue weighted by atomic mass is 16.5. The molecule has 0 radical (unpaired) electrons. The van der Waals surface area contributed by atoms with Gasteiger partial charge in [0.05, 0.1) is 7.11 Å². The van der Waals surface area contributed by atoms with Crippen molar-refractivity contribution in [2.75, 3.05) is 27.7 Å². The van der Waals surface area contributed by atoms with Crippen LogP contribution in [0.5, 0.6) is 5.75 Å². The quantitative estimate of drug-likeness (QED) is 0.730. The van der Waals surface area contributed by atoms with Crippen LogP contribution >= 0.6 is 0 Å². The lowest BCUT2D eigenvalue weighted by Crippen LogP contribution is -2.19. The maximum atomic E-state index is 5.56. The Balaban J connectivity index is 2.96. The van der Waals surface area contributed by atoms with E-state index in [1.165, 1.54) is 16.7 Å². The molecule has 0 spiro atoms. The van der Waals surface area contributed by atoms with Crippen LogP contribution in [0.15, 0.2) is 12.1 Å². The van der Waals surface area contributed by atoms with Crippen LogP contribution in [0.1, 0.15) is 35.6 Å². The van der Waals surface area contributed by atoms with E-state index in [-0.39, 0.29) is 0 Å². The van der Waals surface area contributed by atoms with E-state index in [0.717, 1.165) is 25.1 Å². The zero-order valence-corrected chi connectivity index (χ0v) is 12.3. The number of benzene rings is 1. The molecule has 0 saturated heterocycles. The number of hydrogen-bond donors (Lipinski definition) is 2. The Morgan fingerprint density at radius 1 is 1.22 bits per heavy atom. The molecule has 1 rings (SSSR count). The van der Waals surface area contributed by atoms with Gasteiger partial charge in [0.25, 0.3) is 0 Å². The molecular weight excluding hydrogens is 224 g/mol. The molecule has 18 heavy (non-hydrogen) atoms. The number of ether oxygens (including phenoxy) is 1. The molecule has 0 saturated carbocycles. The highest BCUT2D eigenvalue weighted by molar-refractivity contribution is 5.45. The van der Waals surface area contributed by atoms with Gasteiger partial charge in [-0.05, 0) is 52.9 Å². The third-order valence-corrected chi connectivity index (χ3v) is 3.30. The summed E-state index contributed by atoms with van der Waals surface area (Å²) in [6.07, 6.45) is 2.26. The minimum Gasteiger partial charge on any atom is -0.496 e. The van der Waals surface area contributed by atoms with Gasteiger partial charge in [0.15, 0.2) is 0 Å². The van der Waals surface area contributed by atoms with Gasteiger partial charge in [-0.15, -0.1) is 0 Å². The molecular formula is C15H26N2O. The highest BCUT2D eigenvalue weighted by Gasteiger charge is 2.16. The maximum Gasteiger partial charge on any atom is 0.126 e. The molecule has 0 aliphatic heterocycles. The first-order chi connectivity index (χ1) is 8.63. The average Bonchev–Trinajstić information content (AvgIpc) is 2.34. The summed E-state index contributed by atoms with van der Waals surface area (Å²) in [5.74, 6) is 1.02. The van der Waals surface area contributed by atoms with Crippen molar-refractivity contribution in [2.24, 2.45) is 0 Å². The number of aryl methyl sites for hydroxylation is 2. The van der Waals surface area contributed by atoms with Gasteiger partial charge in [0.2, 0.25) is 0 Å². The second-order valence-corrected chi connectivity index (χ2v) is 4.79. The Bertz CT molecular complexity index is 377. The van der Waals surface area contributed by atoms with Gasteiger partial charge in [-0.2, -0.15) is 0 Å². The molecule has 0 aliphatic carbocycles. The molecule has 1 aromatic carbocycles. The minimum atomic E-state index is 0.354. The van der Waals surface area contributed by atoms with Crippen LogP contribution in [-0.2, 0) is 0 Å². The zero-order chi connectivity index (χ0) is 13.5. The van der Waals surface area contributed by atoms with Crippen LogP contribution < -0.4 is 15.4 Å². The Kier molecular flexibility index (Phi) is 6.16. The minimum absolute atomic E-state index is 0.354. The van der Waals surface area contributed by atoms with E-state index < -0.39 is 0 Å². The summed E-state index contributed by atoms with van der Waals surface area (Å²) < 4.78 is 5.56. The molecule has 1 unspecified atom stereocenters. The van der Waals surface area contributed by atoms with Crippen molar-refractivity contribution in [1.82, 2.24) is 10.6 Å². The number of methoxy groups -OCH3 is 1. The van der Waals surface area contributed by atoms with Crippen molar-refractivity contribution in [3.8, 4) is 5.75 Å². The Morgan fingerprint density at radius 2 is 1.94 bits per heavy atom. The topological polar surface area (TPSA) is 33.3 Å². The van der Waals surface area contributed by atoms with Crippen molar-refractivity contribution in [3.05, 3.63) is 28.8 Å². The fraction of sp³-hybridized carbons (Fsp3) is 0.600. The summed E-state index contributed by atoms with van der Waals surface area (Å²) in [5, 5.41) is 6.59. The third kappa shape index (κ3) is 3.72. The normalized spacial score (nSPS) is 12.5. The second-order valence-electron chi connectivity index (χ2n) is 4.79. The molecule has 0 aliphatic rings. The van der Waals surface area contributed by atoms with E-state index in [1.54, 1.807) is 7.11 Å². The van der Waals surface area contributed by atoms with Gasteiger partial charge in [0.1, 0.15) is 5.75 Å². The summed E-state index contributed by atoms with van der Waals surface area (Å²) in [6.45, 7) is 5.29. The fourth-order valence-corrected chi connectivity index (χ4v) is 2.46. The van der Waals surface area contributed by atoms with Gasteiger partial charge < -0.3 is 15.4 Å². The third-order valence-electron chi connectivity index (χ3n) is 3.30. The smallest absolute Gasteiger partial charge is 0.126 e.